The van der Waals surface area contributed by atoms with Crippen LogP contribution in [0.1, 0.15) is 11.9 Å². The average molecular weight is 344 g/mol. The highest BCUT2D eigenvalue weighted by Crippen LogP contribution is 2.29. The Balaban J connectivity index is 1.98. The average Bonchev–Trinajstić information content (AvgIpc) is 2.84. The molecule has 5 nitrogen and oxygen atoms in total. The lowest BCUT2D eigenvalue weighted by molar-refractivity contribution is -0.115. The second kappa shape index (κ2) is 7.11. The number of aryl methyl sites for hydroxylation is 1. The van der Waals surface area contributed by atoms with Gasteiger partial charge in [0.15, 0.2) is 4.34 Å². The number of nitrogens with one attached hydrogen (secondary N) is 1. The Morgan fingerprint density at radius 1 is 1.48 bits per heavy atom. The molecule has 2 aromatic rings. The number of halogens is 1. The zero-order valence-corrected chi connectivity index (χ0v) is 14.1. The van der Waals surface area contributed by atoms with Crippen LogP contribution in [0, 0.1) is 6.92 Å². The van der Waals surface area contributed by atoms with Gasteiger partial charge in [0.05, 0.1) is 17.4 Å². The summed E-state index contributed by atoms with van der Waals surface area (Å²) in [6.07, 6.45) is 0. The number of thioether (sulfide) groups is 1. The smallest absolute Gasteiger partial charge is 0.237 e. The van der Waals surface area contributed by atoms with E-state index in [-0.39, 0.29) is 11.2 Å². The third-order valence-electron chi connectivity index (χ3n) is 2.57. The fourth-order valence-corrected chi connectivity index (χ4v) is 3.74. The van der Waals surface area contributed by atoms with E-state index >= 15 is 0 Å². The van der Waals surface area contributed by atoms with Crippen molar-refractivity contribution in [2.75, 3.05) is 12.4 Å². The Morgan fingerprint density at radius 2 is 2.24 bits per heavy atom. The van der Waals surface area contributed by atoms with Crippen LogP contribution in [0.25, 0.3) is 0 Å². The second-order valence-corrected chi connectivity index (χ2v) is 7.36. The molecule has 112 valence electrons. The number of benzene rings is 1. The molecule has 0 aliphatic carbocycles. The molecule has 1 atom stereocenters. The number of methoxy groups -OCH3 is 1. The first-order chi connectivity index (χ1) is 9.99. The molecule has 0 bridgehead atoms. The summed E-state index contributed by atoms with van der Waals surface area (Å²) in [6, 6.07) is 5.11. The first-order valence-electron chi connectivity index (χ1n) is 6.10. The van der Waals surface area contributed by atoms with Crippen LogP contribution in [0.4, 0.5) is 5.69 Å². The molecule has 0 aliphatic rings. The van der Waals surface area contributed by atoms with E-state index in [1.165, 1.54) is 23.1 Å². The number of carbonyl (C=O) groups is 1. The zero-order chi connectivity index (χ0) is 15.4. The predicted molar refractivity (Wildman–Crippen MR) is 86.6 cm³/mol. The quantitative estimate of drug-likeness (QED) is 0.840. The molecule has 1 unspecified atom stereocenters. The molecule has 1 aromatic heterocycles. The van der Waals surface area contributed by atoms with Gasteiger partial charge in [0.1, 0.15) is 10.8 Å². The Labute approximate surface area is 136 Å². The number of amides is 1. The summed E-state index contributed by atoms with van der Waals surface area (Å²) in [5, 5.41) is 11.8. The van der Waals surface area contributed by atoms with Crippen molar-refractivity contribution in [1.82, 2.24) is 10.2 Å². The Hall–Kier alpha value is -1.31. The predicted octanol–water partition coefficient (Wildman–Crippen LogP) is 3.63. The van der Waals surface area contributed by atoms with Gasteiger partial charge in [-0.2, -0.15) is 0 Å². The van der Waals surface area contributed by atoms with E-state index in [2.05, 4.69) is 15.5 Å². The summed E-state index contributed by atoms with van der Waals surface area (Å²) < 4.78 is 5.85. The number of nitrogens with zero attached hydrogens (tertiary/aromatic N) is 2. The van der Waals surface area contributed by atoms with Crippen LogP contribution in [0.15, 0.2) is 22.5 Å². The van der Waals surface area contributed by atoms with Crippen molar-refractivity contribution < 1.29 is 9.53 Å². The Bertz CT molecular complexity index is 648. The second-order valence-electron chi connectivity index (χ2n) is 4.19. The maximum atomic E-state index is 12.1. The topological polar surface area (TPSA) is 64.1 Å². The van der Waals surface area contributed by atoms with Gasteiger partial charge in [-0.15, -0.1) is 10.2 Å². The number of anilines is 1. The van der Waals surface area contributed by atoms with Crippen molar-refractivity contribution in [3.8, 4) is 5.75 Å². The minimum Gasteiger partial charge on any atom is -0.495 e. The van der Waals surface area contributed by atoms with Crippen LogP contribution in [0.5, 0.6) is 5.75 Å². The summed E-state index contributed by atoms with van der Waals surface area (Å²) in [5.41, 5.74) is 0.631. The lowest BCUT2D eigenvalue weighted by atomic mass is 10.3. The maximum Gasteiger partial charge on any atom is 0.237 e. The van der Waals surface area contributed by atoms with Crippen molar-refractivity contribution in [2.45, 2.75) is 23.4 Å². The molecule has 0 radical (unpaired) electrons. The third kappa shape index (κ3) is 4.33. The van der Waals surface area contributed by atoms with Gasteiger partial charge < -0.3 is 10.1 Å². The van der Waals surface area contributed by atoms with Crippen molar-refractivity contribution in [2.24, 2.45) is 0 Å². The number of carbonyl (C=O) groups excluding carboxylic acids is 1. The number of aromatic nitrogens is 2. The number of hydrogen-bond donors (Lipinski definition) is 1. The highest BCUT2D eigenvalue weighted by atomic mass is 35.5. The van der Waals surface area contributed by atoms with Crippen LogP contribution >= 0.6 is 34.7 Å². The molecule has 8 heteroatoms. The maximum absolute atomic E-state index is 12.1. The van der Waals surface area contributed by atoms with Crippen LogP contribution in [0.2, 0.25) is 5.02 Å². The van der Waals surface area contributed by atoms with Crippen LogP contribution in [-0.4, -0.2) is 28.5 Å². The molecule has 1 aromatic carbocycles. The lowest BCUT2D eigenvalue weighted by Crippen LogP contribution is -2.22. The van der Waals surface area contributed by atoms with E-state index in [0.717, 1.165) is 9.35 Å². The number of rotatable bonds is 5. The zero-order valence-electron chi connectivity index (χ0n) is 11.7. The summed E-state index contributed by atoms with van der Waals surface area (Å²) in [5.74, 6) is 0.454. The van der Waals surface area contributed by atoms with Gasteiger partial charge in [0.25, 0.3) is 0 Å². The van der Waals surface area contributed by atoms with Gasteiger partial charge in [-0.1, -0.05) is 34.7 Å². The normalized spacial score (nSPS) is 12.0. The molecule has 0 fully saturated rings. The van der Waals surface area contributed by atoms with E-state index in [1.54, 1.807) is 25.3 Å². The molecule has 21 heavy (non-hydrogen) atoms. The van der Waals surface area contributed by atoms with Crippen molar-refractivity contribution >= 4 is 46.3 Å². The molecule has 1 heterocycles. The summed E-state index contributed by atoms with van der Waals surface area (Å²) in [4.78, 5) is 12.1. The molecular weight excluding hydrogens is 330 g/mol. The molecule has 0 aliphatic heterocycles. The van der Waals surface area contributed by atoms with E-state index in [1.807, 2.05) is 13.8 Å². The molecule has 2 rings (SSSR count). The van der Waals surface area contributed by atoms with Gasteiger partial charge >= 0.3 is 0 Å². The summed E-state index contributed by atoms with van der Waals surface area (Å²) in [7, 11) is 1.54. The van der Waals surface area contributed by atoms with E-state index in [4.69, 9.17) is 16.3 Å². The molecule has 1 N–H and O–H groups in total. The number of ether oxygens (including phenoxy) is 1. The minimum atomic E-state index is -0.279. The van der Waals surface area contributed by atoms with Crippen molar-refractivity contribution in [1.29, 1.82) is 0 Å². The monoisotopic (exact) mass is 343 g/mol. The fourth-order valence-electron chi connectivity index (χ4n) is 1.52. The van der Waals surface area contributed by atoms with E-state index in [0.29, 0.717) is 16.5 Å². The van der Waals surface area contributed by atoms with Gasteiger partial charge in [-0.25, -0.2) is 0 Å². The van der Waals surface area contributed by atoms with Gasteiger partial charge in [0.2, 0.25) is 5.91 Å². The highest BCUT2D eigenvalue weighted by Gasteiger charge is 2.17. The van der Waals surface area contributed by atoms with E-state index < -0.39 is 0 Å². The summed E-state index contributed by atoms with van der Waals surface area (Å²) >= 11 is 8.88. The molecular formula is C13H14ClN3O2S2. The van der Waals surface area contributed by atoms with Crippen LogP contribution in [-0.2, 0) is 4.79 Å². The molecule has 0 saturated carbocycles. The first kappa shape index (κ1) is 16.1. The fraction of sp³-hybridized carbons (Fsp3) is 0.308. The molecule has 1 amide bonds. The minimum absolute atomic E-state index is 0.117. The SMILES string of the molecule is COc1ccc(NC(=O)C(C)Sc2nnc(C)s2)cc1Cl. The Morgan fingerprint density at radius 3 is 2.81 bits per heavy atom. The van der Waals surface area contributed by atoms with Crippen molar-refractivity contribution in [3.05, 3.63) is 28.2 Å². The van der Waals surface area contributed by atoms with Crippen molar-refractivity contribution in [3.63, 3.8) is 0 Å². The standard InChI is InChI=1S/C13H14ClN3O2S2/c1-7(20-13-17-16-8(2)21-13)12(18)15-9-4-5-11(19-3)10(14)6-9/h4-7H,1-3H3,(H,15,18). The van der Waals surface area contributed by atoms with Gasteiger partial charge in [0, 0.05) is 5.69 Å². The lowest BCUT2D eigenvalue weighted by Gasteiger charge is -2.11. The summed E-state index contributed by atoms with van der Waals surface area (Å²) in [6.45, 7) is 3.70. The van der Waals surface area contributed by atoms with Gasteiger partial charge in [-0.3, -0.25) is 4.79 Å². The largest absolute Gasteiger partial charge is 0.495 e. The Kier molecular flexibility index (Phi) is 5.44. The highest BCUT2D eigenvalue weighted by molar-refractivity contribution is 8.02. The first-order valence-corrected chi connectivity index (χ1v) is 8.18. The molecule has 0 spiro atoms. The van der Waals surface area contributed by atoms with E-state index in [9.17, 15) is 4.79 Å². The van der Waals surface area contributed by atoms with Gasteiger partial charge in [-0.05, 0) is 32.0 Å². The number of hydrogen-bond acceptors (Lipinski definition) is 6. The van der Waals surface area contributed by atoms with Crippen LogP contribution < -0.4 is 10.1 Å². The van der Waals surface area contributed by atoms with Crippen LogP contribution in [0.3, 0.4) is 0 Å². The molecule has 0 saturated heterocycles. The third-order valence-corrected chi connectivity index (χ3v) is 4.89.